The van der Waals surface area contributed by atoms with Crippen molar-refractivity contribution in [2.45, 2.75) is 18.6 Å². The summed E-state index contributed by atoms with van der Waals surface area (Å²) in [4.78, 5) is 41.4. The molecule has 0 spiro atoms. The third kappa shape index (κ3) is 5.53. The number of amides is 1. The average molecular weight is 458 g/mol. The van der Waals surface area contributed by atoms with E-state index in [0.29, 0.717) is 38.9 Å². The van der Waals surface area contributed by atoms with Crippen LogP contribution in [0.25, 0.3) is 10.9 Å². The summed E-state index contributed by atoms with van der Waals surface area (Å²) < 4.78 is 6.40. The molecule has 0 saturated heterocycles. The minimum absolute atomic E-state index is 0.0370. The summed E-state index contributed by atoms with van der Waals surface area (Å²) in [6, 6.07) is 11.3. The minimum atomic E-state index is -0.418. The van der Waals surface area contributed by atoms with Gasteiger partial charge in [0.2, 0.25) is 5.91 Å². The van der Waals surface area contributed by atoms with Gasteiger partial charge in [0.05, 0.1) is 28.8 Å². The number of carbonyl (C=O) groups excluding carboxylic acids is 2. The number of benzene rings is 2. The summed E-state index contributed by atoms with van der Waals surface area (Å²) in [6.07, 6.45) is 1.60. The van der Waals surface area contributed by atoms with Crippen molar-refractivity contribution in [2.75, 3.05) is 17.7 Å². The van der Waals surface area contributed by atoms with Crippen molar-refractivity contribution < 1.29 is 14.3 Å². The SMILES string of the molecule is C=CCn1c(SCC(=O)Nc2ccc(C(=O)OCC)cc2)nc2cc(Cl)ccc2c1=O. The standard InChI is InChI=1S/C22H20ClN3O4S/c1-3-11-26-20(28)17-10-7-15(23)12-18(17)25-22(26)31-13-19(27)24-16-8-5-14(6-9-16)21(29)30-4-2/h3,5-10,12H,1,4,11,13H2,2H3,(H,24,27). The molecule has 0 aliphatic heterocycles. The molecule has 0 aliphatic rings. The maximum Gasteiger partial charge on any atom is 0.338 e. The Balaban J connectivity index is 1.73. The summed E-state index contributed by atoms with van der Waals surface area (Å²) >= 11 is 7.16. The van der Waals surface area contributed by atoms with Crippen LogP contribution in [0.5, 0.6) is 0 Å². The zero-order valence-electron chi connectivity index (χ0n) is 16.8. The molecule has 1 amide bonds. The van der Waals surface area contributed by atoms with Crippen LogP contribution in [0.4, 0.5) is 5.69 Å². The van der Waals surface area contributed by atoms with E-state index in [-0.39, 0.29) is 23.8 Å². The third-order valence-electron chi connectivity index (χ3n) is 4.21. The number of thioether (sulfide) groups is 1. The van der Waals surface area contributed by atoms with Crippen molar-refractivity contribution in [3.8, 4) is 0 Å². The number of nitrogens with one attached hydrogen (secondary N) is 1. The number of aromatic nitrogens is 2. The molecular formula is C22H20ClN3O4S. The van der Waals surface area contributed by atoms with Crippen LogP contribution < -0.4 is 10.9 Å². The highest BCUT2D eigenvalue weighted by Gasteiger charge is 2.13. The lowest BCUT2D eigenvalue weighted by molar-refractivity contribution is -0.113. The Hall–Kier alpha value is -3.10. The van der Waals surface area contributed by atoms with Crippen LogP contribution in [0.3, 0.4) is 0 Å². The fourth-order valence-electron chi connectivity index (χ4n) is 2.81. The predicted octanol–water partition coefficient (Wildman–Crippen LogP) is 4.14. The Morgan fingerprint density at radius 2 is 2.00 bits per heavy atom. The first-order valence-corrected chi connectivity index (χ1v) is 10.8. The first-order valence-electron chi connectivity index (χ1n) is 9.43. The molecule has 3 aromatic rings. The molecule has 2 aromatic carbocycles. The highest BCUT2D eigenvalue weighted by atomic mass is 35.5. The van der Waals surface area contributed by atoms with E-state index in [1.807, 2.05) is 0 Å². The Labute approximate surface area is 188 Å². The van der Waals surface area contributed by atoms with Gasteiger partial charge in [0.15, 0.2) is 5.16 Å². The molecular weight excluding hydrogens is 438 g/mol. The van der Waals surface area contributed by atoms with Gasteiger partial charge in [-0.15, -0.1) is 6.58 Å². The highest BCUT2D eigenvalue weighted by molar-refractivity contribution is 7.99. The van der Waals surface area contributed by atoms with Crippen molar-refractivity contribution >= 4 is 51.8 Å². The second kappa shape index (κ2) is 10.3. The van der Waals surface area contributed by atoms with Crippen molar-refractivity contribution in [1.29, 1.82) is 0 Å². The van der Waals surface area contributed by atoms with Crippen molar-refractivity contribution in [1.82, 2.24) is 9.55 Å². The van der Waals surface area contributed by atoms with Crippen LogP contribution in [-0.4, -0.2) is 33.8 Å². The van der Waals surface area contributed by atoms with Gasteiger partial charge in [-0.3, -0.25) is 14.2 Å². The zero-order chi connectivity index (χ0) is 22.4. The van der Waals surface area contributed by atoms with Gasteiger partial charge in [-0.1, -0.05) is 29.4 Å². The van der Waals surface area contributed by atoms with Gasteiger partial charge in [0, 0.05) is 17.3 Å². The largest absolute Gasteiger partial charge is 0.462 e. The molecule has 31 heavy (non-hydrogen) atoms. The average Bonchev–Trinajstić information content (AvgIpc) is 2.75. The number of carbonyl (C=O) groups is 2. The number of halogens is 1. The van der Waals surface area contributed by atoms with Gasteiger partial charge in [0.25, 0.3) is 5.56 Å². The number of nitrogens with zero attached hydrogens (tertiary/aromatic N) is 2. The van der Waals surface area contributed by atoms with Gasteiger partial charge >= 0.3 is 5.97 Å². The van der Waals surface area contributed by atoms with E-state index in [0.717, 1.165) is 11.8 Å². The maximum absolute atomic E-state index is 12.8. The number of hydrogen-bond donors (Lipinski definition) is 1. The topological polar surface area (TPSA) is 90.3 Å². The summed E-state index contributed by atoms with van der Waals surface area (Å²) in [5.41, 5.74) is 1.19. The first kappa shape index (κ1) is 22.6. The fourth-order valence-corrected chi connectivity index (χ4v) is 3.78. The molecule has 0 aliphatic carbocycles. The molecule has 0 unspecified atom stereocenters. The number of anilines is 1. The third-order valence-corrected chi connectivity index (χ3v) is 5.42. The van der Waals surface area contributed by atoms with Crippen LogP contribution in [0.15, 0.2) is 65.1 Å². The van der Waals surface area contributed by atoms with Crippen LogP contribution in [0.2, 0.25) is 5.02 Å². The molecule has 0 radical (unpaired) electrons. The number of hydrogen-bond acceptors (Lipinski definition) is 6. The smallest absolute Gasteiger partial charge is 0.338 e. The molecule has 7 nitrogen and oxygen atoms in total. The number of allylic oxidation sites excluding steroid dienone is 1. The second-order valence-electron chi connectivity index (χ2n) is 6.39. The number of fused-ring (bicyclic) bond motifs is 1. The van der Waals surface area contributed by atoms with E-state index in [4.69, 9.17) is 16.3 Å². The van der Waals surface area contributed by atoms with E-state index >= 15 is 0 Å². The predicted molar refractivity (Wildman–Crippen MR) is 123 cm³/mol. The lowest BCUT2D eigenvalue weighted by atomic mass is 10.2. The van der Waals surface area contributed by atoms with E-state index in [2.05, 4.69) is 16.9 Å². The fraction of sp³-hybridized carbons (Fsp3) is 0.182. The molecule has 0 saturated carbocycles. The van der Waals surface area contributed by atoms with Gasteiger partial charge in [-0.05, 0) is 49.4 Å². The van der Waals surface area contributed by atoms with Crippen molar-refractivity contribution in [2.24, 2.45) is 0 Å². The molecule has 1 heterocycles. The normalized spacial score (nSPS) is 10.6. The van der Waals surface area contributed by atoms with Crippen LogP contribution in [-0.2, 0) is 16.1 Å². The molecule has 1 aromatic heterocycles. The van der Waals surface area contributed by atoms with E-state index in [1.165, 1.54) is 4.57 Å². The van der Waals surface area contributed by atoms with Gasteiger partial charge in [0.1, 0.15) is 0 Å². The molecule has 0 atom stereocenters. The summed E-state index contributed by atoms with van der Waals surface area (Å²) in [6.45, 7) is 5.98. The summed E-state index contributed by atoms with van der Waals surface area (Å²) in [5.74, 6) is -0.659. The highest BCUT2D eigenvalue weighted by Crippen LogP contribution is 2.21. The summed E-state index contributed by atoms with van der Waals surface area (Å²) in [7, 11) is 0. The van der Waals surface area contributed by atoms with Crippen molar-refractivity contribution in [3.05, 3.63) is 76.1 Å². The zero-order valence-corrected chi connectivity index (χ0v) is 18.3. The van der Waals surface area contributed by atoms with Crippen LogP contribution >= 0.6 is 23.4 Å². The second-order valence-corrected chi connectivity index (χ2v) is 7.77. The number of rotatable bonds is 8. The van der Waals surface area contributed by atoms with Crippen LogP contribution in [0.1, 0.15) is 17.3 Å². The van der Waals surface area contributed by atoms with Crippen LogP contribution in [0, 0.1) is 0 Å². The molecule has 9 heteroatoms. The quantitative estimate of drug-likeness (QED) is 0.236. The maximum atomic E-state index is 12.8. The lowest BCUT2D eigenvalue weighted by Gasteiger charge is -2.12. The number of esters is 1. The van der Waals surface area contributed by atoms with Gasteiger partial charge in [-0.25, -0.2) is 9.78 Å². The summed E-state index contributed by atoms with van der Waals surface area (Å²) in [5, 5.41) is 4.07. The lowest BCUT2D eigenvalue weighted by Crippen LogP contribution is -2.23. The number of ether oxygens (including phenoxy) is 1. The molecule has 1 N–H and O–H groups in total. The molecule has 0 fully saturated rings. The van der Waals surface area contributed by atoms with Crippen molar-refractivity contribution in [3.63, 3.8) is 0 Å². The van der Waals surface area contributed by atoms with E-state index in [1.54, 1.807) is 55.5 Å². The van der Waals surface area contributed by atoms with Gasteiger partial charge in [-0.2, -0.15) is 0 Å². The molecule has 160 valence electrons. The van der Waals surface area contributed by atoms with E-state index in [9.17, 15) is 14.4 Å². The Morgan fingerprint density at radius 1 is 1.26 bits per heavy atom. The van der Waals surface area contributed by atoms with Gasteiger partial charge < -0.3 is 10.1 Å². The Kier molecular flexibility index (Phi) is 7.49. The Bertz CT molecular complexity index is 1190. The monoisotopic (exact) mass is 457 g/mol. The molecule has 0 bridgehead atoms. The molecule has 3 rings (SSSR count). The van der Waals surface area contributed by atoms with E-state index < -0.39 is 5.97 Å². The first-order chi connectivity index (χ1) is 14.9. The minimum Gasteiger partial charge on any atom is -0.462 e. The Morgan fingerprint density at radius 3 is 2.68 bits per heavy atom.